The number of amides is 1. The van der Waals surface area contributed by atoms with Gasteiger partial charge in [-0.15, -0.1) is 0 Å². The molecule has 202 valence electrons. The number of hydrogen-bond donors (Lipinski definition) is 3. The smallest absolute Gasteiger partial charge is 0.292 e. The van der Waals surface area contributed by atoms with Crippen LogP contribution in [0.15, 0.2) is 60.8 Å². The van der Waals surface area contributed by atoms with Crippen molar-refractivity contribution in [3.63, 3.8) is 0 Å². The molecule has 9 heteroatoms. The molecule has 0 bridgehead atoms. The molecule has 3 aromatic rings. The summed E-state index contributed by atoms with van der Waals surface area (Å²) < 4.78 is 5.65. The maximum Gasteiger partial charge on any atom is 0.292 e. The van der Waals surface area contributed by atoms with Crippen molar-refractivity contribution >= 4 is 23.9 Å². The molecular formula is C29H38N6O3. The minimum Gasteiger partial charge on any atom is -0.471 e. The first-order chi connectivity index (χ1) is 18.5. The van der Waals surface area contributed by atoms with Crippen LogP contribution in [0, 0.1) is 11.3 Å². The number of nitrogens with zero attached hydrogens (tertiary/aromatic N) is 3. The summed E-state index contributed by atoms with van der Waals surface area (Å²) in [6, 6.07) is 21.5. The van der Waals surface area contributed by atoms with Gasteiger partial charge in [0.2, 0.25) is 0 Å². The van der Waals surface area contributed by atoms with Gasteiger partial charge in [-0.2, -0.15) is 10.4 Å². The van der Waals surface area contributed by atoms with E-state index in [2.05, 4.69) is 62.9 Å². The van der Waals surface area contributed by atoms with Crippen LogP contribution < -0.4 is 16.4 Å². The van der Waals surface area contributed by atoms with Crippen molar-refractivity contribution in [1.29, 1.82) is 5.26 Å². The van der Waals surface area contributed by atoms with Crippen molar-refractivity contribution < 1.29 is 14.3 Å². The van der Waals surface area contributed by atoms with E-state index in [1.54, 1.807) is 17.9 Å². The number of rotatable bonds is 8. The molecule has 1 amide bonds. The summed E-state index contributed by atoms with van der Waals surface area (Å²) in [6.45, 7) is 4.38. The zero-order chi connectivity index (χ0) is 28.0. The number of nitriles is 1. The van der Waals surface area contributed by atoms with Crippen molar-refractivity contribution in [2.45, 2.75) is 57.5 Å². The van der Waals surface area contributed by atoms with Gasteiger partial charge in [0, 0.05) is 25.0 Å². The molecule has 4 rings (SSSR count). The Morgan fingerprint density at radius 3 is 2.21 bits per heavy atom. The van der Waals surface area contributed by atoms with Crippen LogP contribution in [0.25, 0.3) is 11.1 Å². The lowest BCUT2D eigenvalue weighted by Crippen LogP contribution is -2.41. The van der Waals surface area contributed by atoms with Crippen LogP contribution in [0.5, 0.6) is 0 Å². The number of primary amides is 1. The molecule has 1 heterocycles. The fourth-order valence-corrected chi connectivity index (χ4v) is 4.54. The number of benzene rings is 2. The third kappa shape index (κ3) is 7.59. The number of nitrogens with two attached hydrogens (primary N) is 1. The molecule has 0 unspecified atom stereocenters. The number of aromatic nitrogens is 2. The molecule has 0 aliphatic heterocycles. The first kappa shape index (κ1) is 29.9. The quantitative estimate of drug-likeness (QED) is 0.350. The van der Waals surface area contributed by atoms with E-state index in [4.69, 9.17) is 10.5 Å². The molecule has 1 aromatic heterocycles. The number of hydrogen-bond acceptors (Lipinski definition) is 7. The summed E-state index contributed by atoms with van der Waals surface area (Å²) in [7, 11) is 3.02. The van der Waals surface area contributed by atoms with Crippen molar-refractivity contribution in [3.8, 4) is 17.2 Å². The Labute approximate surface area is 225 Å². The maximum absolute atomic E-state index is 11.8. The SMILES string of the molecule is CC.CNc1nn(C2(CC#N)CCC(Nc3ccc(-c4ccccc4)cc3)CC2)cc1C(N)=O.COC=O. The highest BCUT2D eigenvalue weighted by atomic mass is 16.5. The van der Waals surface area contributed by atoms with Gasteiger partial charge in [0.05, 0.1) is 25.1 Å². The molecule has 4 N–H and O–H groups in total. The normalized spacial score (nSPS) is 17.8. The van der Waals surface area contributed by atoms with E-state index in [9.17, 15) is 10.1 Å². The number of methoxy groups -OCH3 is 1. The Morgan fingerprint density at radius 2 is 1.74 bits per heavy atom. The van der Waals surface area contributed by atoms with Gasteiger partial charge in [0.25, 0.3) is 12.4 Å². The number of anilines is 2. The van der Waals surface area contributed by atoms with Gasteiger partial charge in [-0.05, 0) is 48.9 Å². The first-order valence-electron chi connectivity index (χ1n) is 12.8. The van der Waals surface area contributed by atoms with Crippen LogP contribution in [0.1, 0.15) is 56.3 Å². The maximum atomic E-state index is 11.8. The summed E-state index contributed by atoms with van der Waals surface area (Å²) in [4.78, 5) is 20.7. The van der Waals surface area contributed by atoms with Crippen LogP contribution in [0.4, 0.5) is 11.5 Å². The third-order valence-corrected chi connectivity index (χ3v) is 6.49. The van der Waals surface area contributed by atoms with E-state index in [1.807, 2.05) is 32.0 Å². The lowest BCUT2D eigenvalue weighted by molar-refractivity contribution is -0.126. The van der Waals surface area contributed by atoms with E-state index in [0.29, 0.717) is 30.3 Å². The Hall–Kier alpha value is -4.32. The number of ether oxygens (including phenoxy) is 1. The van der Waals surface area contributed by atoms with E-state index in [-0.39, 0.29) is 0 Å². The Morgan fingerprint density at radius 1 is 1.16 bits per heavy atom. The second-order valence-corrected chi connectivity index (χ2v) is 8.70. The molecule has 0 saturated heterocycles. The molecule has 0 atom stereocenters. The Bertz CT molecular complexity index is 1180. The summed E-state index contributed by atoms with van der Waals surface area (Å²) >= 11 is 0. The second-order valence-electron chi connectivity index (χ2n) is 8.70. The lowest BCUT2D eigenvalue weighted by Gasteiger charge is -2.39. The summed E-state index contributed by atoms with van der Waals surface area (Å²) in [6.07, 6.45) is 5.42. The van der Waals surface area contributed by atoms with Crippen molar-refractivity contribution in [1.82, 2.24) is 9.78 Å². The van der Waals surface area contributed by atoms with E-state index in [0.717, 1.165) is 31.4 Å². The average molecular weight is 519 g/mol. The minimum atomic E-state index is -0.526. The van der Waals surface area contributed by atoms with Crippen molar-refractivity contribution in [2.75, 3.05) is 24.8 Å². The molecule has 38 heavy (non-hydrogen) atoms. The van der Waals surface area contributed by atoms with Gasteiger partial charge in [-0.1, -0.05) is 56.3 Å². The highest BCUT2D eigenvalue weighted by molar-refractivity contribution is 5.97. The second kappa shape index (κ2) is 15.1. The molecule has 0 radical (unpaired) electrons. The zero-order valence-corrected chi connectivity index (χ0v) is 22.6. The predicted molar refractivity (Wildman–Crippen MR) is 151 cm³/mol. The molecule has 1 fully saturated rings. The minimum absolute atomic E-state index is 0.319. The molecule has 1 saturated carbocycles. The fourth-order valence-electron chi connectivity index (χ4n) is 4.54. The van der Waals surface area contributed by atoms with E-state index in [1.165, 1.54) is 18.2 Å². The molecule has 2 aromatic carbocycles. The summed E-state index contributed by atoms with van der Waals surface area (Å²) in [5, 5.41) is 20.6. The number of carbonyl (C=O) groups excluding carboxylic acids is 2. The van der Waals surface area contributed by atoms with Gasteiger partial charge in [-0.3, -0.25) is 14.3 Å². The third-order valence-electron chi connectivity index (χ3n) is 6.49. The van der Waals surface area contributed by atoms with Crippen molar-refractivity contribution in [2.24, 2.45) is 5.73 Å². The largest absolute Gasteiger partial charge is 0.471 e. The standard InChI is InChI=1S/C25H28N6O.C2H4O2.C2H6/c1-28-24-22(23(27)32)17-31(30-24)25(15-16-26)13-11-21(12-14-25)29-20-9-7-19(8-10-20)18-5-3-2-4-6-18;1-4-2-3;1-2/h2-10,17,21,29H,11-15H2,1H3,(H2,27,32)(H,28,30);2H,1H3;1-2H3. The Balaban J connectivity index is 0.000000773. The van der Waals surface area contributed by atoms with Gasteiger partial charge >= 0.3 is 0 Å². The topological polar surface area (TPSA) is 135 Å². The number of nitrogens with one attached hydrogen (secondary N) is 2. The molecule has 9 nitrogen and oxygen atoms in total. The molecule has 1 aliphatic carbocycles. The zero-order valence-electron chi connectivity index (χ0n) is 22.6. The van der Waals surface area contributed by atoms with Crippen molar-refractivity contribution in [3.05, 3.63) is 66.4 Å². The van der Waals surface area contributed by atoms with Gasteiger partial charge < -0.3 is 21.1 Å². The van der Waals surface area contributed by atoms with E-state index >= 15 is 0 Å². The molecule has 0 spiro atoms. The highest BCUT2D eigenvalue weighted by Gasteiger charge is 2.38. The fraction of sp³-hybridized carbons (Fsp3) is 0.379. The predicted octanol–water partition coefficient (Wildman–Crippen LogP) is 5.17. The summed E-state index contributed by atoms with van der Waals surface area (Å²) in [5.41, 5.74) is 8.91. The van der Waals surface area contributed by atoms with Crippen LogP contribution in [-0.4, -0.2) is 42.4 Å². The van der Waals surface area contributed by atoms with Crippen LogP contribution >= 0.6 is 0 Å². The first-order valence-corrected chi connectivity index (χ1v) is 12.8. The van der Waals surface area contributed by atoms with Crippen LogP contribution in [0.2, 0.25) is 0 Å². The average Bonchev–Trinajstić information content (AvgIpc) is 3.42. The number of carbonyl (C=O) groups is 2. The van der Waals surface area contributed by atoms with Gasteiger partial charge in [0.15, 0.2) is 5.82 Å². The van der Waals surface area contributed by atoms with Crippen LogP contribution in [0.3, 0.4) is 0 Å². The molecule has 1 aliphatic rings. The Kier molecular flexibility index (Phi) is 11.8. The molecular weight excluding hydrogens is 480 g/mol. The van der Waals surface area contributed by atoms with Gasteiger partial charge in [-0.25, -0.2) is 0 Å². The summed E-state index contributed by atoms with van der Waals surface area (Å²) in [5.74, 6) is -0.0735. The monoisotopic (exact) mass is 518 g/mol. The van der Waals surface area contributed by atoms with Gasteiger partial charge in [0.1, 0.15) is 5.56 Å². The van der Waals surface area contributed by atoms with E-state index < -0.39 is 11.4 Å². The highest BCUT2D eigenvalue weighted by Crippen LogP contribution is 2.39. The van der Waals surface area contributed by atoms with Crippen LogP contribution in [-0.2, 0) is 15.1 Å². The lowest BCUT2D eigenvalue weighted by atomic mass is 9.77.